The predicted molar refractivity (Wildman–Crippen MR) is 123 cm³/mol. The summed E-state index contributed by atoms with van der Waals surface area (Å²) >= 11 is 0. The zero-order chi connectivity index (χ0) is 23.5. The summed E-state index contributed by atoms with van der Waals surface area (Å²) in [6.45, 7) is 4.56. The summed E-state index contributed by atoms with van der Waals surface area (Å²) in [7, 11) is 0. The summed E-state index contributed by atoms with van der Waals surface area (Å²) in [6, 6.07) is 12.0. The number of unbranched alkanes of at least 4 members (excludes halogenated alkanes) is 1. The first kappa shape index (κ1) is 22.5. The van der Waals surface area contributed by atoms with Crippen LogP contribution in [-0.4, -0.2) is 47.7 Å². The van der Waals surface area contributed by atoms with Crippen molar-refractivity contribution in [2.45, 2.75) is 45.6 Å². The van der Waals surface area contributed by atoms with Crippen molar-refractivity contribution in [3.05, 3.63) is 53.6 Å². The van der Waals surface area contributed by atoms with Gasteiger partial charge in [-0.1, -0.05) is 25.5 Å². The molecule has 2 aromatic carbocycles. The second-order valence-corrected chi connectivity index (χ2v) is 8.25. The number of anilines is 2. The van der Waals surface area contributed by atoms with E-state index in [1.54, 1.807) is 54.3 Å². The normalized spacial score (nSPS) is 17.0. The number of amides is 4. The Bertz CT molecular complexity index is 1080. The van der Waals surface area contributed by atoms with Gasteiger partial charge in [-0.25, -0.2) is 0 Å². The molecular weight excluding hydrogens is 422 g/mol. The summed E-state index contributed by atoms with van der Waals surface area (Å²) in [4.78, 5) is 52.8. The summed E-state index contributed by atoms with van der Waals surface area (Å²) in [5, 5.41) is 2.84. The first-order chi connectivity index (χ1) is 15.9. The van der Waals surface area contributed by atoms with E-state index in [4.69, 9.17) is 4.74 Å². The van der Waals surface area contributed by atoms with Crippen molar-refractivity contribution < 1.29 is 23.9 Å². The van der Waals surface area contributed by atoms with Gasteiger partial charge in [-0.3, -0.25) is 24.1 Å². The number of carbonyl (C=O) groups is 4. The number of rotatable bonds is 8. The van der Waals surface area contributed by atoms with Crippen molar-refractivity contribution in [2.24, 2.45) is 0 Å². The summed E-state index contributed by atoms with van der Waals surface area (Å²) in [5.41, 5.74) is 2.02. The minimum atomic E-state index is -0.544. The SMILES string of the molecule is CCCCN1C(=O)C(C)Oc2ccc(NC(=O)CCCN3C(=O)c4ccccc4C3=O)cc21. The van der Waals surface area contributed by atoms with Crippen molar-refractivity contribution in [2.75, 3.05) is 23.3 Å². The van der Waals surface area contributed by atoms with Crippen LogP contribution in [0.3, 0.4) is 0 Å². The number of benzene rings is 2. The topological polar surface area (TPSA) is 96.0 Å². The molecule has 0 spiro atoms. The van der Waals surface area contributed by atoms with E-state index in [2.05, 4.69) is 12.2 Å². The van der Waals surface area contributed by atoms with Gasteiger partial charge in [0.25, 0.3) is 17.7 Å². The molecule has 2 aliphatic rings. The number of ether oxygens (including phenoxy) is 1. The summed E-state index contributed by atoms with van der Waals surface area (Å²) < 4.78 is 5.71. The van der Waals surface area contributed by atoms with E-state index in [1.165, 1.54) is 4.90 Å². The van der Waals surface area contributed by atoms with Crippen LogP contribution in [0.2, 0.25) is 0 Å². The predicted octanol–water partition coefficient (Wildman–Crippen LogP) is 3.62. The minimum Gasteiger partial charge on any atom is -0.479 e. The molecule has 172 valence electrons. The van der Waals surface area contributed by atoms with Gasteiger partial charge in [-0.15, -0.1) is 0 Å². The largest absolute Gasteiger partial charge is 0.479 e. The van der Waals surface area contributed by atoms with Crippen LogP contribution in [0.1, 0.15) is 60.2 Å². The van der Waals surface area contributed by atoms with Crippen molar-refractivity contribution >= 4 is 35.0 Å². The second kappa shape index (κ2) is 9.44. The first-order valence-electron chi connectivity index (χ1n) is 11.3. The molecule has 2 aromatic rings. The number of fused-ring (bicyclic) bond motifs is 2. The highest BCUT2D eigenvalue weighted by Crippen LogP contribution is 2.36. The smallest absolute Gasteiger partial charge is 0.267 e. The molecular formula is C25H27N3O5. The molecule has 4 rings (SSSR count). The highest BCUT2D eigenvalue weighted by Gasteiger charge is 2.34. The standard InChI is InChI=1S/C25H27N3O5/c1-3-4-13-27-20-15-17(11-12-21(20)33-16(2)23(27)30)26-22(29)10-7-14-28-24(31)18-8-5-6-9-19(18)25(28)32/h5-6,8-9,11-12,15-16H,3-4,7,10,13-14H2,1-2H3,(H,26,29). The number of nitrogens with one attached hydrogen (secondary N) is 1. The molecule has 0 radical (unpaired) electrons. The zero-order valence-electron chi connectivity index (χ0n) is 18.8. The van der Waals surface area contributed by atoms with Gasteiger partial charge in [-0.05, 0) is 50.1 Å². The zero-order valence-corrected chi connectivity index (χ0v) is 18.8. The van der Waals surface area contributed by atoms with Crippen molar-refractivity contribution in [3.8, 4) is 5.75 Å². The molecule has 1 atom stereocenters. The molecule has 8 nitrogen and oxygen atoms in total. The Morgan fingerprint density at radius 3 is 2.30 bits per heavy atom. The summed E-state index contributed by atoms with van der Waals surface area (Å²) in [5.74, 6) is -0.362. The minimum absolute atomic E-state index is 0.0969. The molecule has 1 unspecified atom stereocenters. The molecule has 0 bridgehead atoms. The quantitative estimate of drug-likeness (QED) is 0.621. The molecule has 0 aliphatic carbocycles. The molecule has 33 heavy (non-hydrogen) atoms. The maximum Gasteiger partial charge on any atom is 0.267 e. The fourth-order valence-corrected chi connectivity index (χ4v) is 4.10. The molecule has 0 saturated heterocycles. The highest BCUT2D eigenvalue weighted by molar-refractivity contribution is 6.21. The lowest BCUT2D eigenvalue weighted by Gasteiger charge is -2.33. The first-order valence-corrected chi connectivity index (χ1v) is 11.3. The highest BCUT2D eigenvalue weighted by atomic mass is 16.5. The van der Waals surface area contributed by atoms with Crippen LogP contribution >= 0.6 is 0 Å². The van der Waals surface area contributed by atoms with Gasteiger partial charge in [0.05, 0.1) is 16.8 Å². The van der Waals surface area contributed by atoms with E-state index in [9.17, 15) is 19.2 Å². The molecule has 0 fully saturated rings. The maximum atomic E-state index is 12.6. The van der Waals surface area contributed by atoms with E-state index in [0.29, 0.717) is 41.2 Å². The fraction of sp³-hybridized carbons (Fsp3) is 0.360. The average molecular weight is 450 g/mol. The van der Waals surface area contributed by atoms with E-state index >= 15 is 0 Å². The molecule has 2 aliphatic heterocycles. The Morgan fingerprint density at radius 2 is 1.64 bits per heavy atom. The van der Waals surface area contributed by atoms with Gasteiger partial charge in [0.2, 0.25) is 5.91 Å². The van der Waals surface area contributed by atoms with Crippen LogP contribution in [0, 0.1) is 0 Å². The van der Waals surface area contributed by atoms with Gasteiger partial charge >= 0.3 is 0 Å². The monoisotopic (exact) mass is 449 g/mol. The van der Waals surface area contributed by atoms with Gasteiger partial charge < -0.3 is 15.0 Å². The Kier molecular flexibility index (Phi) is 6.44. The van der Waals surface area contributed by atoms with Crippen LogP contribution in [0.4, 0.5) is 11.4 Å². The van der Waals surface area contributed by atoms with E-state index < -0.39 is 6.10 Å². The number of carbonyl (C=O) groups excluding carboxylic acids is 4. The number of hydrogen-bond donors (Lipinski definition) is 1. The van der Waals surface area contributed by atoms with Crippen molar-refractivity contribution in [1.29, 1.82) is 0 Å². The van der Waals surface area contributed by atoms with Gasteiger partial charge in [0.1, 0.15) is 5.75 Å². The molecule has 0 aromatic heterocycles. The third kappa shape index (κ3) is 4.46. The lowest BCUT2D eigenvalue weighted by molar-refractivity contribution is -0.125. The Balaban J connectivity index is 1.36. The molecule has 4 amide bonds. The van der Waals surface area contributed by atoms with Crippen LogP contribution < -0.4 is 15.0 Å². The average Bonchev–Trinajstić information content (AvgIpc) is 3.05. The van der Waals surface area contributed by atoms with E-state index in [-0.39, 0.29) is 36.6 Å². The lowest BCUT2D eigenvalue weighted by Crippen LogP contribution is -2.44. The Labute approximate surface area is 192 Å². The third-order valence-electron chi connectivity index (χ3n) is 5.85. The van der Waals surface area contributed by atoms with Crippen LogP contribution in [0.15, 0.2) is 42.5 Å². The van der Waals surface area contributed by atoms with E-state index in [0.717, 1.165) is 12.8 Å². The second-order valence-electron chi connectivity index (χ2n) is 8.25. The fourth-order valence-electron chi connectivity index (χ4n) is 4.10. The molecule has 1 N–H and O–H groups in total. The number of hydrogen-bond acceptors (Lipinski definition) is 5. The third-order valence-corrected chi connectivity index (χ3v) is 5.85. The van der Waals surface area contributed by atoms with Gasteiger partial charge in [0, 0.05) is 25.2 Å². The molecule has 0 saturated carbocycles. The van der Waals surface area contributed by atoms with E-state index in [1.807, 2.05) is 0 Å². The van der Waals surface area contributed by atoms with Crippen LogP contribution in [0.25, 0.3) is 0 Å². The molecule has 2 heterocycles. The van der Waals surface area contributed by atoms with Gasteiger partial charge in [0.15, 0.2) is 6.10 Å². The maximum absolute atomic E-state index is 12.6. The summed E-state index contributed by atoms with van der Waals surface area (Å²) in [6.07, 6.45) is 1.78. The number of imide groups is 1. The number of nitrogens with zero attached hydrogens (tertiary/aromatic N) is 2. The Hall–Kier alpha value is -3.68. The van der Waals surface area contributed by atoms with Crippen molar-refractivity contribution in [1.82, 2.24) is 4.90 Å². The van der Waals surface area contributed by atoms with Crippen LogP contribution in [-0.2, 0) is 9.59 Å². The Morgan fingerprint density at radius 1 is 0.970 bits per heavy atom. The van der Waals surface area contributed by atoms with Gasteiger partial charge in [-0.2, -0.15) is 0 Å². The lowest BCUT2D eigenvalue weighted by atomic mass is 10.1. The van der Waals surface area contributed by atoms with Crippen molar-refractivity contribution in [3.63, 3.8) is 0 Å². The van der Waals surface area contributed by atoms with Crippen LogP contribution in [0.5, 0.6) is 5.75 Å². The molecule has 8 heteroatoms.